The number of carbonyl (C=O) groups is 2. The van der Waals surface area contributed by atoms with Gasteiger partial charge in [-0.25, -0.2) is 0 Å². The van der Waals surface area contributed by atoms with E-state index >= 15 is 0 Å². The highest BCUT2D eigenvalue weighted by Crippen LogP contribution is 2.26. The molecular weight excluding hydrogens is 428 g/mol. The summed E-state index contributed by atoms with van der Waals surface area (Å²) < 4.78 is 0.631. The summed E-state index contributed by atoms with van der Waals surface area (Å²) >= 11 is 2.56. The van der Waals surface area contributed by atoms with Gasteiger partial charge < -0.3 is 5.32 Å². The average Bonchev–Trinajstić information content (AvgIpc) is 3.25. The van der Waals surface area contributed by atoms with Crippen molar-refractivity contribution in [2.75, 3.05) is 17.6 Å². The Balaban J connectivity index is 1.27. The summed E-state index contributed by atoms with van der Waals surface area (Å²) in [6.07, 6.45) is 0.792. The molecule has 0 bridgehead atoms. The molecule has 0 aliphatic heterocycles. The van der Waals surface area contributed by atoms with E-state index in [1.807, 2.05) is 66.7 Å². The highest BCUT2D eigenvalue weighted by Gasteiger charge is 2.14. The Kier molecular flexibility index (Phi) is 6.91. The first-order valence-electron chi connectivity index (χ1n) is 9.75. The van der Waals surface area contributed by atoms with Gasteiger partial charge in [0.1, 0.15) is 0 Å². The van der Waals surface area contributed by atoms with Gasteiger partial charge in [-0.15, -0.1) is 10.2 Å². The lowest BCUT2D eigenvalue weighted by Gasteiger charge is -2.05. The third-order valence-electron chi connectivity index (χ3n) is 4.57. The average molecular weight is 449 g/mol. The van der Waals surface area contributed by atoms with Crippen LogP contribution in [0, 0.1) is 0 Å². The van der Waals surface area contributed by atoms with Crippen LogP contribution in [0.2, 0.25) is 0 Å². The minimum atomic E-state index is -0.233. The quantitative estimate of drug-likeness (QED) is 0.308. The Morgan fingerprint density at radius 2 is 1.68 bits per heavy atom. The molecule has 0 saturated carbocycles. The second-order valence-corrected chi connectivity index (χ2v) is 8.93. The number of rotatable bonds is 8. The number of thioether (sulfide) groups is 1. The number of aromatic nitrogens is 2. The number of benzene rings is 3. The lowest BCUT2D eigenvalue weighted by molar-refractivity contribution is -0.118. The van der Waals surface area contributed by atoms with Crippen molar-refractivity contribution in [3.63, 3.8) is 0 Å². The molecule has 0 saturated heterocycles. The van der Waals surface area contributed by atoms with Crippen LogP contribution < -0.4 is 10.6 Å². The second-order valence-electron chi connectivity index (χ2n) is 6.73. The van der Waals surface area contributed by atoms with E-state index in [1.54, 1.807) is 6.07 Å². The SMILES string of the molecule is O=C(CSc1nnc(NC(=O)c2cccc3ccccc23)s1)NCCc1ccccc1. The van der Waals surface area contributed by atoms with Crippen molar-refractivity contribution in [3.05, 3.63) is 83.9 Å². The maximum Gasteiger partial charge on any atom is 0.258 e. The van der Waals surface area contributed by atoms with E-state index in [1.165, 1.54) is 28.7 Å². The van der Waals surface area contributed by atoms with Gasteiger partial charge in [-0.3, -0.25) is 14.9 Å². The monoisotopic (exact) mass is 448 g/mol. The fourth-order valence-electron chi connectivity index (χ4n) is 3.08. The van der Waals surface area contributed by atoms with E-state index in [-0.39, 0.29) is 17.6 Å². The van der Waals surface area contributed by atoms with Crippen molar-refractivity contribution in [1.29, 1.82) is 0 Å². The second kappa shape index (κ2) is 10.2. The van der Waals surface area contributed by atoms with Crippen molar-refractivity contribution < 1.29 is 9.59 Å². The van der Waals surface area contributed by atoms with Crippen LogP contribution >= 0.6 is 23.1 Å². The predicted octanol–water partition coefficient (Wildman–Crippen LogP) is 4.39. The summed E-state index contributed by atoms with van der Waals surface area (Å²) in [7, 11) is 0. The topological polar surface area (TPSA) is 84.0 Å². The minimum absolute atomic E-state index is 0.0579. The summed E-state index contributed by atoms with van der Waals surface area (Å²) in [4.78, 5) is 24.8. The number of hydrogen-bond donors (Lipinski definition) is 2. The number of anilines is 1. The molecule has 4 aromatic rings. The Hall–Kier alpha value is -3.23. The Morgan fingerprint density at radius 1 is 0.903 bits per heavy atom. The molecule has 31 heavy (non-hydrogen) atoms. The smallest absolute Gasteiger partial charge is 0.258 e. The van der Waals surface area contributed by atoms with E-state index in [0.717, 1.165) is 17.2 Å². The van der Waals surface area contributed by atoms with Crippen LogP contribution in [0.4, 0.5) is 5.13 Å². The molecule has 0 radical (unpaired) electrons. The van der Waals surface area contributed by atoms with Gasteiger partial charge in [0.15, 0.2) is 4.34 Å². The van der Waals surface area contributed by atoms with Crippen molar-refractivity contribution >= 4 is 50.8 Å². The van der Waals surface area contributed by atoms with Crippen molar-refractivity contribution in [1.82, 2.24) is 15.5 Å². The zero-order valence-corrected chi connectivity index (χ0v) is 18.2. The van der Waals surface area contributed by atoms with E-state index in [9.17, 15) is 9.59 Å². The fourth-order valence-corrected chi connectivity index (χ4v) is 4.65. The highest BCUT2D eigenvalue weighted by molar-refractivity contribution is 8.01. The largest absolute Gasteiger partial charge is 0.355 e. The van der Waals surface area contributed by atoms with Crippen LogP contribution in [0.25, 0.3) is 10.8 Å². The van der Waals surface area contributed by atoms with E-state index in [0.29, 0.717) is 21.6 Å². The number of amides is 2. The molecule has 156 valence electrons. The molecule has 8 heteroatoms. The summed E-state index contributed by atoms with van der Waals surface area (Å²) in [5, 5.41) is 16.1. The maximum atomic E-state index is 12.7. The fraction of sp³-hybridized carbons (Fsp3) is 0.130. The van der Waals surface area contributed by atoms with Gasteiger partial charge >= 0.3 is 0 Å². The molecule has 0 fully saturated rings. The number of carbonyl (C=O) groups excluding carboxylic acids is 2. The van der Waals surface area contributed by atoms with Crippen LogP contribution in [0.3, 0.4) is 0 Å². The first kappa shape index (κ1) is 21.0. The van der Waals surface area contributed by atoms with Gasteiger partial charge in [-0.05, 0) is 28.8 Å². The molecule has 3 aromatic carbocycles. The molecule has 0 atom stereocenters. The summed E-state index contributed by atoms with van der Waals surface area (Å²) in [6.45, 7) is 0.589. The van der Waals surface area contributed by atoms with Crippen molar-refractivity contribution in [2.45, 2.75) is 10.8 Å². The summed E-state index contributed by atoms with van der Waals surface area (Å²) in [6, 6.07) is 23.4. The zero-order chi connectivity index (χ0) is 21.5. The van der Waals surface area contributed by atoms with Crippen LogP contribution in [0.15, 0.2) is 77.1 Å². The Bertz CT molecular complexity index is 1190. The number of nitrogens with one attached hydrogen (secondary N) is 2. The zero-order valence-electron chi connectivity index (χ0n) is 16.6. The maximum absolute atomic E-state index is 12.7. The van der Waals surface area contributed by atoms with Crippen molar-refractivity contribution in [3.8, 4) is 0 Å². The number of nitrogens with zero attached hydrogens (tertiary/aromatic N) is 2. The molecule has 4 rings (SSSR count). The van der Waals surface area contributed by atoms with E-state index in [2.05, 4.69) is 20.8 Å². The summed E-state index contributed by atoms with van der Waals surface area (Å²) in [5.74, 6) is -0.0404. The van der Waals surface area contributed by atoms with Crippen LogP contribution in [-0.2, 0) is 11.2 Å². The predicted molar refractivity (Wildman–Crippen MR) is 126 cm³/mol. The normalized spacial score (nSPS) is 10.7. The van der Waals surface area contributed by atoms with E-state index in [4.69, 9.17) is 0 Å². The van der Waals surface area contributed by atoms with Gasteiger partial charge in [0.2, 0.25) is 11.0 Å². The first-order chi connectivity index (χ1) is 15.2. The van der Waals surface area contributed by atoms with Gasteiger partial charge in [0, 0.05) is 12.1 Å². The van der Waals surface area contributed by atoms with Gasteiger partial charge in [0.25, 0.3) is 5.91 Å². The molecule has 2 amide bonds. The third kappa shape index (κ3) is 5.68. The summed E-state index contributed by atoms with van der Waals surface area (Å²) in [5.41, 5.74) is 1.77. The van der Waals surface area contributed by atoms with Gasteiger partial charge in [0.05, 0.1) is 5.75 Å². The molecule has 1 heterocycles. The van der Waals surface area contributed by atoms with Crippen molar-refractivity contribution in [2.24, 2.45) is 0 Å². The number of fused-ring (bicyclic) bond motifs is 1. The van der Waals surface area contributed by atoms with Gasteiger partial charge in [-0.2, -0.15) is 0 Å². The number of hydrogen-bond acceptors (Lipinski definition) is 6. The standard InChI is InChI=1S/C23H20N4O2S2/c28-20(24-14-13-16-7-2-1-3-8-16)15-30-23-27-26-22(31-23)25-21(29)19-12-6-10-17-9-4-5-11-18(17)19/h1-12H,13-15H2,(H,24,28)(H,25,26,29). The Labute approximate surface area is 188 Å². The Morgan fingerprint density at radius 3 is 2.55 bits per heavy atom. The van der Waals surface area contributed by atoms with Crippen LogP contribution in [-0.4, -0.2) is 34.3 Å². The van der Waals surface area contributed by atoms with Gasteiger partial charge in [-0.1, -0.05) is 89.8 Å². The molecule has 0 aliphatic carbocycles. The van der Waals surface area contributed by atoms with E-state index < -0.39 is 0 Å². The molecule has 0 aliphatic rings. The molecule has 0 spiro atoms. The van der Waals surface area contributed by atoms with Crippen LogP contribution in [0.5, 0.6) is 0 Å². The first-order valence-corrected chi connectivity index (χ1v) is 11.6. The lowest BCUT2D eigenvalue weighted by atomic mass is 10.0. The lowest BCUT2D eigenvalue weighted by Crippen LogP contribution is -2.27. The third-order valence-corrected chi connectivity index (χ3v) is 6.54. The molecule has 0 unspecified atom stereocenters. The highest BCUT2D eigenvalue weighted by atomic mass is 32.2. The minimum Gasteiger partial charge on any atom is -0.355 e. The molecular formula is C23H20N4O2S2. The molecule has 1 aromatic heterocycles. The molecule has 6 nitrogen and oxygen atoms in total. The molecule has 2 N–H and O–H groups in total. The van der Waals surface area contributed by atoms with Crippen LogP contribution in [0.1, 0.15) is 15.9 Å².